The summed E-state index contributed by atoms with van der Waals surface area (Å²) in [6, 6.07) is 45.9. The van der Waals surface area contributed by atoms with Crippen molar-refractivity contribution in [2.45, 2.75) is 12.8 Å². The largest absolute Gasteiger partial charge is 0.456 e. The van der Waals surface area contributed by atoms with E-state index in [1.54, 1.807) is 0 Å². The van der Waals surface area contributed by atoms with Gasteiger partial charge in [0.1, 0.15) is 22.3 Å². The molecule has 0 saturated heterocycles. The predicted octanol–water partition coefficient (Wildman–Crippen LogP) is 12.9. The molecule has 2 nitrogen and oxygen atoms in total. The monoisotopic (exact) mass is 588 g/mol. The number of rotatable bonds is 3. The highest BCUT2D eigenvalue weighted by Crippen LogP contribution is 2.46. The van der Waals surface area contributed by atoms with Crippen molar-refractivity contribution in [3.63, 3.8) is 0 Å². The first-order chi connectivity index (χ1) is 22.8. The third-order valence-electron chi connectivity index (χ3n) is 9.76. The molecule has 0 atom stereocenters. The Hall–Kier alpha value is -5.86. The molecule has 0 spiro atoms. The first-order valence-corrected chi connectivity index (χ1v) is 16.0. The second-order valence-electron chi connectivity index (χ2n) is 12.3. The number of allylic oxidation sites excluding steroid dienone is 4. The van der Waals surface area contributed by atoms with Crippen molar-refractivity contribution >= 4 is 71.0 Å². The van der Waals surface area contributed by atoms with Gasteiger partial charge in [-0.2, -0.15) is 0 Å². The van der Waals surface area contributed by atoms with Gasteiger partial charge < -0.3 is 8.83 Å². The molecule has 0 unspecified atom stereocenters. The molecular weight excluding hydrogens is 560 g/mol. The molecular formula is C44H28O2. The first kappa shape index (κ1) is 25.5. The zero-order chi connectivity index (χ0) is 30.2. The predicted molar refractivity (Wildman–Crippen MR) is 193 cm³/mol. The van der Waals surface area contributed by atoms with Crippen molar-refractivity contribution in [2.24, 2.45) is 0 Å². The van der Waals surface area contributed by atoms with Crippen LogP contribution in [0.3, 0.4) is 0 Å². The minimum absolute atomic E-state index is 0.848. The average molecular weight is 589 g/mol. The molecule has 0 aliphatic heterocycles. The Morgan fingerprint density at radius 3 is 1.72 bits per heavy atom. The summed E-state index contributed by atoms with van der Waals surface area (Å²) in [4.78, 5) is 0. The second-order valence-corrected chi connectivity index (χ2v) is 12.3. The van der Waals surface area contributed by atoms with Crippen molar-refractivity contribution in [1.29, 1.82) is 0 Å². The van der Waals surface area contributed by atoms with Crippen LogP contribution in [0.5, 0.6) is 0 Å². The Labute approximate surface area is 265 Å². The molecule has 10 rings (SSSR count). The van der Waals surface area contributed by atoms with Crippen molar-refractivity contribution < 1.29 is 8.83 Å². The summed E-state index contributed by atoms with van der Waals surface area (Å²) >= 11 is 0. The van der Waals surface area contributed by atoms with Crippen molar-refractivity contribution in [3.8, 4) is 22.3 Å². The summed E-state index contributed by atoms with van der Waals surface area (Å²) in [5.41, 5.74) is 11.1. The lowest BCUT2D eigenvalue weighted by atomic mass is 9.85. The maximum Gasteiger partial charge on any atom is 0.147 e. The van der Waals surface area contributed by atoms with E-state index < -0.39 is 0 Å². The van der Waals surface area contributed by atoms with Gasteiger partial charge in [-0.15, -0.1) is 0 Å². The van der Waals surface area contributed by atoms with Crippen molar-refractivity contribution in [2.75, 3.05) is 0 Å². The third-order valence-corrected chi connectivity index (χ3v) is 9.76. The highest BCUT2D eigenvalue weighted by molar-refractivity contribution is 6.24. The summed E-state index contributed by atoms with van der Waals surface area (Å²) < 4.78 is 12.7. The van der Waals surface area contributed by atoms with E-state index in [4.69, 9.17) is 8.83 Å². The van der Waals surface area contributed by atoms with Crippen LogP contribution in [0.15, 0.2) is 154 Å². The minimum Gasteiger partial charge on any atom is -0.456 e. The summed E-state index contributed by atoms with van der Waals surface area (Å²) in [5, 5.41) is 9.33. The number of hydrogen-bond donors (Lipinski definition) is 0. The highest BCUT2D eigenvalue weighted by Gasteiger charge is 2.20. The Bertz CT molecular complexity index is 2670. The third kappa shape index (κ3) is 3.71. The van der Waals surface area contributed by atoms with E-state index in [2.05, 4.69) is 133 Å². The van der Waals surface area contributed by atoms with E-state index in [-0.39, 0.29) is 0 Å². The van der Waals surface area contributed by atoms with Crippen LogP contribution in [-0.4, -0.2) is 0 Å². The van der Waals surface area contributed by atoms with E-state index in [1.165, 1.54) is 54.9 Å². The molecule has 0 radical (unpaired) electrons. The maximum absolute atomic E-state index is 6.56. The summed E-state index contributed by atoms with van der Waals surface area (Å²) in [5.74, 6) is 0. The number of para-hydroxylation sites is 1. The van der Waals surface area contributed by atoms with Crippen LogP contribution in [0, 0.1) is 0 Å². The fourth-order valence-corrected chi connectivity index (χ4v) is 7.64. The summed E-state index contributed by atoms with van der Waals surface area (Å²) in [6.07, 6.45) is 8.87. The van der Waals surface area contributed by atoms with Crippen LogP contribution < -0.4 is 0 Å². The Morgan fingerprint density at radius 1 is 0.435 bits per heavy atom. The van der Waals surface area contributed by atoms with Gasteiger partial charge in [0.25, 0.3) is 0 Å². The van der Waals surface area contributed by atoms with Gasteiger partial charge in [0.15, 0.2) is 0 Å². The molecule has 0 amide bonds. The fourth-order valence-electron chi connectivity index (χ4n) is 7.64. The number of furan rings is 2. The zero-order valence-corrected chi connectivity index (χ0v) is 25.1. The average Bonchev–Trinajstić information content (AvgIpc) is 3.69. The lowest BCUT2D eigenvalue weighted by Gasteiger charge is -2.18. The van der Waals surface area contributed by atoms with Gasteiger partial charge in [-0.3, -0.25) is 0 Å². The molecule has 0 fully saturated rings. The minimum atomic E-state index is 0.848. The Kier molecular flexibility index (Phi) is 5.44. The first-order valence-electron chi connectivity index (χ1n) is 16.0. The van der Waals surface area contributed by atoms with Crippen molar-refractivity contribution in [1.82, 2.24) is 0 Å². The van der Waals surface area contributed by atoms with Gasteiger partial charge in [0.2, 0.25) is 0 Å². The molecule has 0 N–H and O–H groups in total. The molecule has 0 saturated carbocycles. The Balaban J connectivity index is 1.21. The number of benzene rings is 7. The molecule has 2 heteroatoms. The molecule has 2 aromatic heterocycles. The quantitative estimate of drug-likeness (QED) is 0.192. The topological polar surface area (TPSA) is 26.3 Å². The highest BCUT2D eigenvalue weighted by atomic mass is 16.3. The maximum atomic E-state index is 6.56. The van der Waals surface area contributed by atoms with Gasteiger partial charge in [-0.1, -0.05) is 115 Å². The molecule has 7 aromatic carbocycles. The SMILES string of the molecule is C1=CCCC(c2ccc(-c3c4ccccc4c(-c4ccc5oc6c(ccc7oc8ccccc8c76)c5c4)c4ccccc34)cc2)=C1. The van der Waals surface area contributed by atoms with Gasteiger partial charge in [0.05, 0.1) is 5.39 Å². The Morgan fingerprint density at radius 2 is 1.02 bits per heavy atom. The molecule has 1 aliphatic rings. The molecule has 1 aliphatic carbocycles. The van der Waals surface area contributed by atoms with Crippen molar-refractivity contribution in [3.05, 3.63) is 151 Å². The van der Waals surface area contributed by atoms with E-state index >= 15 is 0 Å². The van der Waals surface area contributed by atoms with Gasteiger partial charge >= 0.3 is 0 Å². The summed E-state index contributed by atoms with van der Waals surface area (Å²) in [7, 11) is 0. The van der Waals surface area contributed by atoms with Crippen LogP contribution in [-0.2, 0) is 0 Å². The van der Waals surface area contributed by atoms with Crippen LogP contribution >= 0.6 is 0 Å². The molecule has 2 heterocycles. The molecule has 0 bridgehead atoms. The standard InChI is InChI=1S/C44H28O2/c1-2-10-27(11-3-1)28-18-20-29(21-19-28)41-31-12-4-6-14-33(31)42(34-15-7-5-13-32(34)41)30-22-24-39-37(26-30)35-23-25-40-43(44(35)46-39)36-16-8-9-17-38(36)45-40/h1-2,4-10,12-26H,3,11H2. The fraction of sp³-hybridized carbons (Fsp3) is 0.0455. The normalized spacial score (nSPS) is 13.5. The van der Waals surface area contributed by atoms with Crippen LogP contribution in [0.1, 0.15) is 18.4 Å². The second kappa shape index (κ2) is 9.82. The zero-order valence-electron chi connectivity index (χ0n) is 25.1. The molecule has 46 heavy (non-hydrogen) atoms. The molecule has 216 valence electrons. The number of fused-ring (bicyclic) bond motifs is 9. The van der Waals surface area contributed by atoms with Gasteiger partial charge in [-0.25, -0.2) is 0 Å². The van der Waals surface area contributed by atoms with Gasteiger partial charge in [0, 0.05) is 16.2 Å². The lowest BCUT2D eigenvalue weighted by Crippen LogP contribution is -1.92. The van der Waals surface area contributed by atoms with Gasteiger partial charge in [-0.05, 0) is 98.1 Å². The molecule has 9 aromatic rings. The van der Waals surface area contributed by atoms with E-state index in [9.17, 15) is 0 Å². The smallest absolute Gasteiger partial charge is 0.147 e. The van der Waals surface area contributed by atoms with Crippen LogP contribution in [0.4, 0.5) is 0 Å². The van der Waals surface area contributed by atoms with Crippen LogP contribution in [0.25, 0.3) is 93.2 Å². The van der Waals surface area contributed by atoms with E-state index in [0.717, 1.165) is 56.7 Å². The van der Waals surface area contributed by atoms with Crippen LogP contribution in [0.2, 0.25) is 0 Å². The van der Waals surface area contributed by atoms with E-state index in [1.807, 2.05) is 12.1 Å². The lowest BCUT2D eigenvalue weighted by molar-refractivity contribution is 0.663. The summed E-state index contributed by atoms with van der Waals surface area (Å²) in [6.45, 7) is 0. The number of hydrogen-bond acceptors (Lipinski definition) is 2. The van der Waals surface area contributed by atoms with E-state index in [0.29, 0.717) is 0 Å².